The lowest BCUT2D eigenvalue weighted by Crippen LogP contribution is -2.24. The van der Waals surface area contributed by atoms with E-state index in [2.05, 4.69) is 15.3 Å². The second kappa shape index (κ2) is 9.75. The van der Waals surface area contributed by atoms with E-state index >= 15 is 0 Å². The lowest BCUT2D eigenvalue weighted by Gasteiger charge is -2.14. The number of thioether (sulfide) groups is 1. The van der Waals surface area contributed by atoms with Gasteiger partial charge in [0.25, 0.3) is 5.91 Å². The van der Waals surface area contributed by atoms with Gasteiger partial charge in [0.2, 0.25) is 5.91 Å². The van der Waals surface area contributed by atoms with Crippen molar-refractivity contribution in [2.24, 2.45) is 5.73 Å². The number of aryl methyl sites for hydroxylation is 1. The molecule has 34 heavy (non-hydrogen) atoms. The third-order valence-corrected chi connectivity index (χ3v) is 7.54. The Hall–Kier alpha value is -2.92. The van der Waals surface area contributed by atoms with E-state index in [4.69, 9.17) is 5.73 Å². The smallest absolute Gasteiger partial charge is 0.365 e. The largest absolute Gasteiger partial charge is 0.433 e. The number of carbonyl (C=O) groups excluding carboxylic acids is 2. The molecular weight excluding hydrogens is 485 g/mol. The van der Waals surface area contributed by atoms with Crippen LogP contribution in [0.3, 0.4) is 0 Å². The zero-order valence-corrected chi connectivity index (χ0v) is 19.7. The Morgan fingerprint density at radius 1 is 1.15 bits per heavy atom. The summed E-state index contributed by atoms with van der Waals surface area (Å²) in [6.07, 6.45) is -1.17. The van der Waals surface area contributed by atoms with Gasteiger partial charge in [0.15, 0.2) is 5.16 Å². The van der Waals surface area contributed by atoms with Crippen LogP contribution in [0.2, 0.25) is 0 Å². The molecule has 3 N–H and O–H groups in total. The number of nitrogens with zero attached hydrogens (tertiary/aromatic N) is 2. The molecule has 0 spiro atoms. The van der Waals surface area contributed by atoms with E-state index in [-0.39, 0.29) is 10.9 Å². The molecule has 0 saturated carbocycles. The molecule has 1 unspecified atom stereocenters. The summed E-state index contributed by atoms with van der Waals surface area (Å²) >= 11 is 2.14. The van der Waals surface area contributed by atoms with E-state index in [9.17, 15) is 22.8 Å². The van der Waals surface area contributed by atoms with Crippen molar-refractivity contribution in [2.75, 3.05) is 5.32 Å². The van der Waals surface area contributed by atoms with Gasteiger partial charge < -0.3 is 11.1 Å². The quantitative estimate of drug-likeness (QED) is 0.348. The highest BCUT2D eigenvalue weighted by atomic mass is 32.2. The summed E-state index contributed by atoms with van der Waals surface area (Å²) < 4.78 is 40.4. The Morgan fingerprint density at radius 3 is 2.53 bits per heavy atom. The number of alkyl halides is 3. The monoisotopic (exact) mass is 506 g/mol. The first-order chi connectivity index (χ1) is 16.1. The van der Waals surface area contributed by atoms with Crippen molar-refractivity contribution < 1.29 is 22.8 Å². The summed E-state index contributed by atoms with van der Waals surface area (Å²) in [4.78, 5) is 33.8. The number of primary amides is 1. The minimum absolute atomic E-state index is 0.111. The highest BCUT2D eigenvalue weighted by Crippen LogP contribution is 2.38. The zero-order valence-electron chi connectivity index (χ0n) is 18.1. The minimum atomic E-state index is -4.67. The summed E-state index contributed by atoms with van der Waals surface area (Å²) in [6, 6.07) is 9.34. The van der Waals surface area contributed by atoms with Crippen LogP contribution in [0.15, 0.2) is 41.6 Å². The van der Waals surface area contributed by atoms with Crippen molar-refractivity contribution in [3.05, 3.63) is 58.1 Å². The van der Waals surface area contributed by atoms with Gasteiger partial charge in [0.05, 0.1) is 16.5 Å². The van der Waals surface area contributed by atoms with Crippen molar-refractivity contribution in [3.8, 4) is 11.3 Å². The summed E-state index contributed by atoms with van der Waals surface area (Å²) in [7, 11) is 0. The van der Waals surface area contributed by atoms with Gasteiger partial charge in [-0.25, -0.2) is 9.97 Å². The molecule has 0 fully saturated rings. The first kappa shape index (κ1) is 24.2. The maximum absolute atomic E-state index is 13.5. The van der Waals surface area contributed by atoms with E-state index in [1.165, 1.54) is 11.3 Å². The summed E-state index contributed by atoms with van der Waals surface area (Å²) in [5.41, 5.74) is 6.31. The van der Waals surface area contributed by atoms with Crippen LogP contribution in [0.4, 0.5) is 18.2 Å². The average Bonchev–Trinajstić information content (AvgIpc) is 3.17. The number of hydrogen-bond donors (Lipinski definition) is 2. The van der Waals surface area contributed by atoms with Crippen molar-refractivity contribution in [1.29, 1.82) is 0 Å². The molecule has 0 aliphatic heterocycles. The Morgan fingerprint density at radius 2 is 1.85 bits per heavy atom. The number of benzene rings is 1. The van der Waals surface area contributed by atoms with Crippen molar-refractivity contribution >= 4 is 39.9 Å². The van der Waals surface area contributed by atoms with Crippen molar-refractivity contribution in [3.63, 3.8) is 0 Å². The molecule has 0 saturated heterocycles. The predicted octanol–water partition coefficient (Wildman–Crippen LogP) is 5.32. The molecule has 0 radical (unpaired) electrons. The van der Waals surface area contributed by atoms with E-state index in [0.29, 0.717) is 16.1 Å². The summed E-state index contributed by atoms with van der Waals surface area (Å²) in [6.45, 7) is 1.54. The summed E-state index contributed by atoms with van der Waals surface area (Å²) in [5, 5.41) is 2.13. The number of halogens is 3. The molecule has 1 aromatic carbocycles. The molecule has 1 aliphatic rings. The zero-order chi connectivity index (χ0) is 24.5. The number of anilines is 1. The van der Waals surface area contributed by atoms with Crippen LogP contribution < -0.4 is 11.1 Å². The van der Waals surface area contributed by atoms with E-state index in [0.717, 1.165) is 54.0 Å². The number of rotatable bonds is 6. The molecule has 4 rings (SSSR count). The van der Waals surface area contributed by atoms with Gasteiger partial charge >= 0.3 is 6.18 Å². The number of nitrogens with two attached hydrogens (primary N) is 1. The minimum Gasteiger partial charge on any atom is -0.365 e. The Labute approximate surface area is 202 Å². The molecule has 2 amide bonds. The van der Waals surface area contributed by atoms with Gasteiger partial charge in [0.1, 0.15) is 10.7 Å². The fraction of sp³-hybridized carbons (Fsp3) is 0.304. The van der Waals surface area contributed by atoms with Gasteiger partial charge in [-0.1, -0.05) is 42.1 Å². The second-order valence-electron chi connectivity index (χ2n) is 7.81. The van der Waals surface area contributed by atoms with Gasteiger partial charge in [-0.15, -0.1) is 11.3 Å². The third kappa shape index (κ3) is 5.25. The topological polar surface area (TPSA) is 98.0 Å². The highest BCUT2D eigenvalue weighted by molar-refractivity contribution is 8.00. The number of fused-ring (bicyclic) bond motifs is 1. The lowest BCUT2D eigenvalue weighted by atomic mass is 9.95. The van der Waals surface area contributed by atoms with Gasteiger partial charge in [-0.2, -0.15) is 13.2 Å². The molecule has 1 atom stereocenters. The highest BCUT2D eigenvalue weighted by Gasteiger charge is 2.34. The first-order valence-corrected chi connectivity index (χ1v) is 12.3. The van der Waals surface area contributed by atoms with E-state index in [1.54, 1.807) is 37.3 Å². The fourth-order valence-corrected chi connectivity index (χ4v) is 5.80. The van der Waals surface area contributed by atoms with Crippen LogP contribution in [0, 0.1) is 0 Å². The SMILES string of the molecule is CC(Sc1nc(-c2ccccc2)cc(C(F)(F)F)n1)C(=O)Nc1sc2c(c1C(N)=O)CCCC2. The Kier molecular flexibility index (Phi) is 6.94. The van der Waals surface area contributed by atoms with Crippen LogP contribution >= 0.6 is 23.1 Å². The molecule has 1 aliphatic carbocycles. The van der Waals surface area contributed by atoms with Crippen LogP contribution in [-0.4, -0.2) is 27.0 Å². The number of carbonyl (C=O) groups is 2. The molecule has 2 aromatic heterocycles. The Bertz CT molecular complexity index is 1230. The third-order valence-electron chi connectivity index (χ3n) is 5.37. The average molecular weight is 507 g/mol. The van der Waals surface area contributed by atoms with E-state index < -0.39 is 28.9 Å². The molecule has 2 heterocycles. The van der Waals surface area contributed by atoms with Crippen molar-refractivity contribution in [1.82, 2.24) is 9.97 Å². The number of nitrogens with one attached hydrogen (secondary N) is 1. The van der Waals surface area contributed by atoms with Crippen molar-refractivity contribution in [2.45, 2.75) is 49.2 Å². The van der Waals surface area contributed by atoms with Gasteiger partial charge in [-0.3, -0.25) is 9.59 Å². The number of aromatic nitrogens is 2. The Balaban J connectivity index is 1.58. The predicted molar refractivity (Wildman–Crippen MR) is 126 cm³/mol. The maximum Gasteiger partial charge on any atom is 0.433 e. The maximum atomic E-state index is 13.5. The van der Waals surface area contributed by atoms with Crippen LogP contribution in [0.1, 0.15) is 46.3 Å². The van der Waals surface area contributed by atoms with Crippen LogP contribution in [0.5, 0.6) is 0 Å². The van der Waals surface area contributed by atoms with Crippen LogP contribution in [0.25, 0.3) is 11.3 Å². The lowest BCUT2D eigenvalue weighted by molar-refractivity contribution is -0.141. The summed E-state index contributed by atoms with van der Waals surface area (Å²) in [5.74, 6) is -1.09. The molecule has 0 bridgehead atoms. The second-order valence-corrected chi connectivity index (χ2v) is 10.2. The standard InChI is InChI=1S/C23H21F3N4O2S2/c1-12(20(32)30-21-18(19(27)31)14-9-5-6-10-16(14)34-21)33-22-28-15(13-7-3-2-4-8-13)11-17(29-22)23(24,25)26/h2-4,7-8,11-12H,5-6,9-10H2,1H3,(H2,27,31)(H,30,32). The molecule has 178 valence electrons. The van der Waals surface area contributed by atoms with Crippen LogP contribution in [-0.2, 0) is 23.8 Å². The van der Waals surface area contributed by atoms with E-state index in [1.807, 2.05) is 0 Å². The normalized spacial score (nSPS) is 14.4. The van der Waals surface area contributed by atoms with Gasteiger partial charge in [-0.05, 0) is 44.2 Å². The number of hydrogen-bond acceptors (Lipinski definition) is 6. The first-order valence-electron chi connectivity index (χ1n) is 10.6. The molecule has 11 heteroatoms. The number of amides is 2. The molecule has 6 nitrogen and oxygen atoms in total. The fourth-order valence-electron chi connectivity index (χ4n) is 3.72. The number of thiophene rings is 1. The molecular formula is C23H21F3N4O2S2. The van der Waals surface area contributed by atoms with Gasteiger partial charge in [0, 0.05) is 10.4 Å². The molecule has 3 aromatic rings.